The van der Waals surface area contributed by atoms with E-state index in [1.54, 1.807) is 23.9 Å². The number of thiophene rings is 1. The van der Waals surface area contributed by atoms with Gasteiger partial charge in [0.2, 0.25) is 0 Å². The van der Waals surface area contributed by atoms with Crippen molar-refractivity contribution in [2.45, 2.75) is 31.8 Å². The van der Waals surface area contributed by atoms with Crippen molar-refractivity contribution < 1.29 is 9.53 Å². The Labute approximate surface area is 205 Å². The third-order valence-corrected chi connectivity index (χ3v) is 7.46. The highest BCUT2D eigenvalue weighted by molar-refractivity contribution is 7.19. The molecule has 0 radical (unpaired) electrons. The van der Waals surface area contributed by atoms with Gasteiger partial charge in [0, 0.05) is 28.9 Å². The number of aryl methyl sites for hydroxylation is 1. The van der Waals surface area contributed by atoms with Gasteiger partial charge < -0.3 is 15.4 Å². The molecular weight excluding hydrogens is 460 g/mol. The summed E-state index contributed by atoms with van der Waals surface area (Å²) in [5.74, 6) is 0.799. The molecule has 3 N–H and O–H groups in total. The van der Waals surface area contributed by atoms with Gasteiger partial charge in [0.25, 0.3) is 0 Å². The van der Waals surface area contributed by atoms with Gasteiger partial charge >= 0.3 is 6.09 Å². The van der Waals surface area contributed by atoms with Gasteiger partial charge in [0.1, 0.15) is 23.1 Å². The average molecular weight is 485 g/mol. The first-order valence-electron chi connectivity index (χ1n) is 11.7. The van der Waals surface area contributed by atoms with Crippen LogP contribution in [0.2, 0.25) is 0 Å². The van der Waals surface area contributed by atoms with Crippen LogP contribution in [-0.4, -0.2) is 38.9 Å². The second-order valence-corrected chi connectivity index (χ2v) is 9.72. The first-order chi connectivity index (χ1) is 17.2. The van der Waals surface area contributed by atoms with Crippen molar-refractivity contribution in [1.82, 2.24) is 25.5 Å². The van der Waals surface area contributed by atoms with Crippen LogP contribution in [0.5, 0.6) is 0 Å². The summed E-state index contributed by atoms with van der Waals surface area (Å²) in [6, 6.07) is 16.2. The fourth-order valence-electron chi connectivity index (χ4n) is 4.58. The highest BCUT2D eigenvalue weighted by Gasteiger charge is 2.27. The maximum Gasteiger partial charge on any atom is 0.407 e. The zero-order valence-corrected chi connectivity index (χ0v) is 19.8. The van der Waals surface area contributed by atoms with Crippen LogP contribution >= 0.6 is 11.3 Å². The number of H-pyrrole nitrogens is 1. The molecule has 176 valence electrons. The molecule has 6 rings (SSSR count). The Morgan fingerprint density at radius 1 is 1.17 bits per heavy atom. The lowest BCUT2D eigenvalue weighted by atomic mass is 9.94. The largest absolute Gasteiger partial charge is 0.446 e. The van der Waals surface area contributed by atoms with Crippen molar-refractivity contribution >= 4 is 50.1 Å². The van der Waals surface area contributed by atoms with E-state index < -0.39 is 0 Å². The maximum atomic E-state index is 12.3. The van der Waals surface area contributed by atoms with Crippen LogP contribution in [0.1, 0.15) is 22.4 Å². The maximum absolute atomic E-state index is 12.3. The number of nitrogens with one attached hydrogen (secondary N) is 3. The van der Waals surface area contributed by atoms with Gasteiger partial charge in [0.05, 0.1) is 17.1 Å². The van der Waals surface area contributed by atoms with E-state index in [4.69, 9.17) is 4.74 Å². The number of aromatic nitrogens is 4. The lowest BCUT2D eigenvalue weighted by Crippen LogP contribution is -2.32. The normalized spacial score (nSPS) is 15.1. The summed E-state index contributed by atoms with van der Waals surface area (Å²) in [7, 11) is 0. The van der Waals surface area contributed by atoms with Gasteiger partial charge in [-0.3, -0.25) is 5.10 Å². The number of hydrogen-bond acceptors (Lipinski definition) is 7. The molecule has 1 aliphatic rings. The van der Waals surface area contributed by atoms with E-state index in [1.807, 2.05) is 36.4 Å². The predicted octanol–water partition coefficient (Wildman–Crippen LogP) is 5.14. The Hall–Kier alpha value is -3.98. The minimum absolute atomic E-state index is 0.139. The average Bonchev–Trinajstić information content (AvgIpc) is 3.49. The van der Waals surface area contributed by atoms with Crippen LogP contribution in [0.15, 0.2) is 61.1 Å². The van der Waals surface area contributed by atoms with Gasteiger partial charge in [-0.25, -0.2) is 14.8 Å². The summed E-state index contributed by atoms with van der Waals surface area (Å²) in [5, 5.41) is 15.5. The summed E-state index contributed by atoms with van der Waals surface area (Å²) < 4.78 is 5.74. The Morgan fingerprint density at radius 3 is 3.00 bits per heavy atom. The van der Waals surface area contributed by atoms with Crippen LogP contribution in [0, 0.1) is 0 Å². The molecule has 0 saturated heterocycles. The Morgan fingerprint density at radius 2 is 2.09 bits per heavy atom. The van der Waals surface area contributed by atoms with Crippen molar-refractivity contribution in [3.8, 4) is 0 Å². The summed E-state index contributed by atoms with van der Waals surface area (Å²) >= 11 is 1.66. The quantitative estimate of drug-likeness (QED) is 0.308. The van der Waals surface area contributed by atoms with Gasteiger partial charge in [-0.2, -0.15) is 5.10 Å². The second kappa shape index (κ2) is 9.34. The zero-order valence-electron chi connectivity index (χ0n) is 19.0. The number of carbonyl (C=O) groups excluding carboxylic acids is 1. The van der Waals surface area contributed by atoms with Crippen LogP contribution < -0.4 is 10.6 Å². The fraction of sp³-hybridized carbons (Fsp3) is 0.231. The van der Waals surface area contributed by atoms with E-state index in [0.717, 1.165) is 51.9 Å². The molecule has 0 aliphatic heterocycles. The van der Waals surface area contributed by atoms with Crippen LogP contribution in [0.25, 0.3) is 21.1 Å². The van der Waals surface area contributed by atoms with Crippen molar-refractivity contribution in [2.75, 3.05) is 11.9 Å². The number of nitrogens with zero attached hydrogens (tertiary/aromatic N) is 3. The second-order valence-electron chi connectivity index (χ2n) is 8.64. The molecule has 5 aromatic rings. The van der Waals surface area contributed by atoms with E-state index in [0.29, 0.717) is 13.0 Å². The van der Waals surface area contributed by atoms with E-state index >= 15 is 0 Å². The van der Waals surface area contributed by atoms with Crippen LogP contribution in [-0.2, 0) is 24.0 Å². The number of benzene rings is 2. The number of carbonyl (C=O) groups is 1. The third kappa shape index (κ3) is 4.54. The van der Waals surface area contributed by atoms with Gasteiger partial charge in [-0.15, -0.1) is 11.3 Å². The number of ether oxygens (including phenoxy) is 1. The minimum atomic E-state index is -0.354. The minimum Gasteiger partial charge on any atom is -0.446 e. The molecule has 35 heavy (non-hydrogen) atoms. The number of fused-ring (bicyclic) bond motifs is 4. The molecule has 8 nitrogen and oxygen atoms in total. The molecule has 0 saturated carbocycles. The van der Waals surface area contributed by atoms with Crippen molar-refractivity contribution in [3.63, 3.8) is 0 Å². The Bertz CT molecular complexity index is 1500. The standard InChI is InChI=1S/C26H24N6O2S/c33-26(27-11-10-16-4-2-1-3-5-16)34-19-7-8-20-22(13-19)35-25-23(20)24(28-15-29-25)31-18-6-9-21-17(12-18)14-30-32-21/h1-6,9,12,14-15,19H,7-8,10-11,13H2,(H,27,33)(H,30,32)(H,28,29,31). The summed E-state index contributed by atoms with van der Waals surface area (Å²) in [4.78, 5) is 23.6. The molecule has 1 aliphatic carbocycles. The van der Waals surface area contributed by atoms with Crippen LogP contribution in [0.3, 0.4) is 0 Å². The zero-order chi connectivity index (χ0) is 23.6. The number of rotatable bonds is 6. The third-order valence-electron chi connectivity index (χ3n) is 6.30. The molecule has 9 heteroatoms. The lowest BCUT2D eigenvalue weighted by molar-refractivity contribution is 0.0904. The SMILES string of the molecule is O=C(NCCc1ccccc1)OC1CCc2c(sc3ncnc(Nc4ccc5[nH]ncc5c4)c23)C1. The molecule has 3 aromatic heterocycles. The van der Waals surface area contributed by atoms with Gasteiger partial charge in [0.15, 0.2) is 0 Å². The molecule has 1 atom stereocenters. The molecule has 2 aromatic carbocycles. The summed E-state index contributed by atoms with van der Waals surface area (Å²) in [5.41, 5.74) is 4.38. The van der Waals surface area contributed by atoms with E-state index in [9.17, 15) is 4.79 Å². The number of anilines is 2. The van der Waals surface area contributed by atoms with Crippen molar-refractivity contribution in [3.05, 3.63) is 77.1 Å². The highest BCUT2D eigenvalue weighted by Crippen LogP contribution is 2.39. The van der Waals surface area contributed by atoms with E-state index in [1.165, 1.54) is 16.0 Å². The molecule has 3 heterocycles. The first kappa shape index (κ1) is 21.5. The first-order valence-corrected chi connectivity index (χ1v) is 12.5. The number of aromatic amines is 1. The van der Waals surface area contributed by atoms with E-state index in [-0.39, 0.29) is 12.2 Å². The van der Waals surface area contributed by atoms with E-state index in [2.05, 4.69) is 42.9 Å². The molecular formula is C26H24N6O2S. The van der Waals surface area contributed by atoms with Crippen LogP contribution in [0.4, 0.5) is 16.3 Å². The summed E-state index contributed by atoms with van der Waals surface area (Å²) in [6.45, 7) is 0.554. The Balaban J connectivity index is 1.13. The lowest BCUT2D eigenvalue weighted by Gasteiger charge is -2.23. The molecule has 0 fully saturated rings. The molecule has 1 amide bonds. The molecule has 1 unspecified atom stereocenters. The van der Waals surface area contributed by atoms with Gasteiger partial charge in [-0.1, -0.05) is 30.3 Å². The van der Waals surface area contributed by atoms with Crippen molar-refractivity contribution in [1.29, 1.82) is 0 Å². The number of amides is 1. The molecule has 0 spiro atoms. The smallest absolute Gasteiger partial charge is 0.407 e. The Kier molecular flexibility index (Phi) is 5.75. The topological polar surface area (TPSA) is 105 Å². The number of hydrogen-bond donors (Lipinski definition) is 3. The highest BCUT2D eigenvalue weighted by atomic mass is 32.1. The fourth-order valence-corrected chi connectivity index (χ4v) is 5.83. The molecule has 0 bridgehead atoms. The van der Waals surface area contributed by atoms with Gasteiger partial charge in [-0.05, 0) is 48.6 Å². The summed E-state index contributed by atoms with van der Waals surface area (Å²) in [6.07, 6.45) is 5.98. The number of alkyl carbamates (subject to hydrolysis) is 1. The monoisotopic (exact) mass is 484 g/mol. The van der Waals surface area contributed by atoms with Crippen molar-refractivity contribution in [2.24, 2.45) is 0 Å². The predicted molar refractivity (Wildman–Crippen MR) is 137 cm³/mol.